The van der Waals surface area contributed by atoms with Crippen molar-refractivity contribution in [1.29, 1.82) is 0 Å². The van der Waals surface area contributed by atoms with Gasteiger partial charge in [-0.25, -0.2) is 14.4 Å². The Balaban J connectivity index is 1.38. The molecule has 2 aliphatic heterocycles. The van der Waals surface area contributed by atoms with Crippen molar-refractivity contribution >= 4 is 35.2 Å². The molecule has 2 aromatic carbocycles. The Morgan fingerprint density at radius 1 is 0.638 bits per heavy atom. The van der Waals surface area contributed by atoms with Crippen LogP contribution in [0.4, 0.5) is 9.59 Å². The number of esters is 2. The lowest BCUT2D eigenvalue weighted by atomic mass is 9.85. The van der Waals surface area contributed by atoms with Crippen LogP contribution in [0.1, 0.15) is 107 Å². The summed E-state index contributed by atoms with van der Waals surface area (Å²) >= 11 is 0. The van der Waals surface area contributed by atoms with Crippen molar-refractivity contribution in [2.45, 2.75) is 131 Å². The van der Waals surface area contributed by atoms with Crippen molar-refractivity contribution < 1.29 is 38.1 Å². The number of ether oxygens (including phenoxy) is 4. The number of hydrogen-bond acceptors (Lipinski definition) is 9. The largest absolute Gasteiger partial charge is 0.460 e. The first kappa shape index (κ1) is 44.3. The lowest BCUT2D eigenvalue weighted by molar-refractivity contribution is -0.163. The van der Waals surface area contributed by atoms with Crippen LogP contribution in [0.3, 0.4) is 0 Å². The number of nitrogens with one attached hydrogen (secondary N) is 1. The van der Waals surface area contributed by atoms with Crippen molar-refractivity contribution in [2.24, 2.45) is 23.7 Å². The Morgan fingerprint density at radius 3 is 1.53 bits per heavy atom. The van der Waals surface area contributed by atoms with Crippen LogP contribution in [0.2, 0.25) is 0 Å². The van der Waals surface area contributed by atoms with E-state index in [-0.39, 0.29) is 29.5 Å². The molecule has 58 heavy (non-hydrogen) atoms. The molecular formula is C45H64N4O9. The van der Waals surface area contributed by atoms with E-state index < -0.39 is 46.4 Å². The lowest BCUT2D eigenvalue weighted by Crippen LogP contribution is -2.38. The molecule has 5 rings (SSSR count). The van der Waals surface area contributed by atoms with E-state index in [0.717, 1.165) is 11.1 Å². The maximum Gasteiger partial charge on any atom is 0.410 e. The number of carbonyl (C=O) groups is 4. The maximum atomic E-state index is 13.7. The van der Waals surface area contributed by atoms with Crippen molar-refractivity contribution in [3.8, 4) is 5.69 Å². The number of benzene rings is 2. The number of likely N-dealkylation sites (tertiary alicyclic amines) is 2. The summed E-state index contributed by atoms with van der Waals surface area (Å²) in [5.41, 5.74) is 0.614. The zero-order valence-corrected chi connectivity index (χ0v) is 36.5. The first-order valence-electron chi connectivity index (χ1n) is 20.5. The van der Waals surface area contributed by atoms with E-state index in [1.54, 1.807) is 14.4 Å². The number of fused-ring (bicyclic) bond motifs is 1. The van der Waals surface area contributed by atoms with E-state index in [9.17, 15) is 24.0 Å². The van der Waals surface area contributed by atoms with Gasteiger partial charge in [-0.2, -0.15) is 0 Å². The Bertz CT molecular complexity index is 2040. The Hall–Kier alpha value is -4.81. The summed E-state index contributed by atoms with van der Waals surface area (Å²) < 4.78 is 24.6. The molecule has 13 heteroatoms. The van der Waals surface area contributed by atoms with Crippen molar-refractivity contribution in [1.82, 2.24) is 19.4 Å². The summed E-state index contributed by atoms with van der Waals surface area (Å²) in [5, 5.41) is 0. The van der Waals surface area contributed by atoms with E-state index in [2.05, 4.69) is 4.98 Å². The number of nitrogens with zero attached hydrogens (tertiary/aromatic N) is 3. The van der Waals surface area contributed by atoms with Crippen LogP contribution in [0.5, 0.6) is 0 Å². The smallest absolute Gasteiger partial charge is 0.410 e. The van der Waals surface area contributed by atoms with E-state index in [0.29, 0.717) is 68.6 Å². The van der Waals surface area contributed by atoms with Crippen LogP contribution in [0.15, 0.2) is 47.3 Å². The highest BCUT2D eigenvalue weighted by atomic mass is 16.6. The summed E-state index contributed by atoms with van der Waals surface area (Å²) in [6, 6.07) is 13.2. The topological polar surface area (TPSA) is 149 Å². The summed E-state index contributed by atoms with van der Waals surface area (Å²) in [4.78, 5) is 73.1. The van der Waals surface area contributed by atoms with Gasteiger partial charge in [0.15, 0.2) is 0 Å². The zero-order valence-electron chi connectivity index (χ0n) is 36.5. The van der Waals surface area contributed by atoms with Gasteiger partial charge in [0.05, 0.1) is 28.6 Å². The monoisotopic (exact) mass is 804 g/mol. The molecule has 3 aromatic rings. The van der Waals surface area contributed by atoms with Crippen molar-refractivity contribution in [3.05, 3.63) is 64.1 Å². The third kappa shape index (κ3) is 11.9. The molecule has 0 radical (unpaired) electrons. The van der Waals surface area contributed by atoms with Crippen LogP contribution < -0.4 is 5.69 Å². The highest BCUT2D eigenvalue weighted by molar-refractivity contribution is 5.79. The highest BCUT2D eigenvalue weighted by Gasteiger charge is 2.41. The summed E-state index contributed by atoms with van der Waals surface area (Å²) in [5.74, 6) is -1.99. The maximum absolute atomic E-state index is 13.7. The van der Waals surface area contributed by atoms with E-state index in [1.807, 2.05) is 126 Å². The van der Waals surface area contributed by atoms with Gasteiger partial charge in [-0.15, -0.1) is 0 Å². The minimum absolute atomic E-state index is 0.140. The van der Waals surface area contributed by atoms with E-state index >= 15 is 0 Å². The number of hydrogen-bond donors (Lipinski definition) is 1. The van der Waals surface area contributed by atoms with Crippen LogP contribution in [-0.4, -0.2) is 92.1 Å². The first-order valence-corrected chi connectivity index (χ1v) is 20.5. The van der Waals surface area contributed by atoms with Gasteiger partial charge >= 0.3 is 29.8 Å². The van der Waals surface area contributed by atoms with Gasteiger partial charge in [0.25, 0.3) is 0 Å². The summed E-state index contributed by atoms with van der Waals surface area (Å²) in [6.45, 7) is 23.7. The molecule has 3 heterocycles. The average Bonchev–Trinajstić information content (AvgIpc) is 3.82. The second-order valence-corrected chi connectivity index (χ2v) is 19.9. The average molecular weight is 805 g/mol. The molecule has 1 aromatic heterocycles. The minimum atomic E-state index is -0.693. The molecule has 0 bridgehead atoms. The molecular weight excluding hydrogens is 741 g/mol. The number of rotatable bonds is 9. The van der Waals surface area contributed by atoms with Gasteiger partial charge in [-0.05, 0) is 156 Å². The minimum Gasteiger partial charge on any atom is -0.460 e. The molecule has 2 amide bonds. The fourth-order valence-electron chi connectivity index (χ4n) is 7.73. The molecule has 0 aliphatic carbocycles. The van der Waals surface area contributed by atoms with Gasteiger partial charge in [-0.1, -0.05) is 18.2 Å². The second kappa shape index (κ2) is 16.8. The molecule has 2 aliphatic rings. The Kier molecular flexibility index (Phi) is 12.8. The molecule has 0 saturated carbocycles. The SMILES string of the molecule is CC(C)(C)OC(=O)[C@H](Cc1cccc(-n2c(=O)[nH]c3cc(C[C@@H](C(=O)OC(C)(C)C)[C@@H]4CCN(C(=O)OC(C)(C)C)C4)ccc32)c1)[C@@H]1CCN(C(=O)OC(C)(C)C)C1. The highest BCUT2D eigenvalue weighted by Crippen LogP contribution is 2.33. The number of H-pyrrole nitrogens is 1. The van der Waals surface area contributed by atoms with Crippen molar-refractivity contribution in [3.63, 3.8) is 0 Å². The number of amides is 2. The van der Waals surface area contributed by atoms with E-state index in [1.165, 1.54) is 0 Å². The van der Waals surface area contributed by atoms with Gasteiger partial charge in [0.1, 0.15) is 22.4 Å². The Labute approximate surface area is 342 Å². The van der Waals surface area contributed by atoms with Gasteiger partial charge in [0.2, 0.25) is 0 Å². The zero-order chi connectivity index (χ0) is 43.0. The van der Waals surface area contributed by atoms with Crippen LogP contribution >= 0.6 is 0 Å². The number of imidazole rings is 1. The molecule has 1 N–H and O–H groups in total. The second-order valence-electron chi connectivity index (χ2n) is 19.9. The summed E-state index contributed by atoms with van der Waals surface area (Å²) in [6.07, 6.45) is 1.18. The normalized spacial score (nSPS) is 18.9. The lowest BCUT2D eigenvalue weighted by Gasteiger charge is -2.28. The van der Waals surface area contributed by atoms with Crippen molar-refractivity contribution in [2.75, 3.05) is 26.2 Å². The quantitative estimate of drug-likeness (QED) is 0.169. The summed E-state index contributed by atoms with van der Waals surface area (Å²) in [7, 11) is 0. The predicted molar refractivity (Wildman–Crippen MR) is 222 cm³/mol. The molecule has 0 unspecified atom stereocenters. The van der Waals surface area contributed by atoms with Crippen LogP contribution in [0, 0.1) is 23.7 Å². The third-order valence-corrected chi connectivity index (χ3v) is 10.1. The Morgan fingerprint density at radius 2 is 1.09 bits per heavy atom. The molecule has 2 fully saturated rings. The van der Waals surface area contributed by atoms with Gasteiger partial charge in [0, 0.05) is 26.2 Å². The predicted octanol–water partition coefficient (Wildman–Crippen LogP) is 7.83. The number of aromatic nitrogens is 2. The molecule has 4 atom stereocenters. The molecule has 0 spiro atoms. The molecule has 13 nitrogen and oxygen atoms in total. The van der Waals surface area contributed by atoms with Gasteiger partial charge in [-0.3, -0.25) is 14.2 Å². The molecule has 2 saturated heterocycles. The standard InChI is InChI=1S/C45H64N4O9/c1-42(2,3)55-37(50)33(30-18-20-47(26-30)40(53)57-44(7,8)9)23-28-14-13-15-32(22-28)49-36-17-16-29(25-35(36)46-39(49)52)24-34(38(51)56-43(4,5)6)31-19-21-48(27-31)41(54)58-45(10,11)12/h13-17,22,25,30-31,33-34H,18-21,23-24,26-27H2,1-12H3,(H,46,52)/t30-,31-,33-,34-/m1/s1. The van der Waals surface area contributed by atoms with Crippen LogP contribution in [0.25, 0.3) is 16.7 Å². The number of carbonyl (C=O) groups excluding carboxylic acids is 4. The fraction of sp³-hybridized carbons (Fsp3) is 0.622. The van der Waals surface area contributed by atoms with E-state index in [4.69, 9.17) is 18.9 Å². The van der Waals surface area contributed by atoms with Gasteiger partial charge < -0.3 is 33.7 Å². The van der Waals surface area contributed by atoms with Crippen LogP contribution in [-0.2, 0) is 41.4 Å². The fourth-order valence-corrected chi connectivity index (χ4v) is 7.73. The third-order valence-electron chi connectivity index (χ3n) is 10.1. The molecule has 318 valence electrons. The first-order chi connectivity index (χ1) is 26.7. The number of aromatic amines is 1.